The number of carbonyl (C=O) groups excluding carboxylic acids is 1. The van der Waals surface area contributed by atoms with Crippen molar-refractivity contribution in [2.75, 3.05) is 28.4 Å². The van der Waals surface area contributed by atoms with Gasteiger partial charge in [0.05, 0.1) is 34.0 Å². The predicted molar refractivity (Wildman–Crippen MR) is 99.9 cm³/mol. The van der Waals surface area contributed by atoms with Gasteiger partial charge in [-0.05, 0) is 12.1 Å². The Bertz CT molecular complexity index is 856. The van der Waals surface area contributed by atoms with E-state index in [1.807, 2.05) is 6.07 Å². The zero-order chi connectivity index (χ0) is 20.7. The van der Waals surface area contributed by atoms with Crippen molar-refractivity contribution in [1.82, 2.24) is 0 Å². The molecule has 0 aliphatic carbocycles. The van der Waals surface area contributed by atoms with Crippen LogP contribution in [0, 0.1) is 11.3 Å². The molecule has 1 atom stereocenters. The van der Waals surface area contributed by atoms with Gasteiger partial charge in [0.15, 0.2) is 35.4 Å². The zero-order valence-electron chi connectivity index (χ0n) is 16.0. The summed E-state index contributed by atoms with van der Waals surface area (Å²) in [6.45, 7) is 0. The number of ether oxygens (including phenoxy) is 5. The highest BCUT2D eigenvalue weighted by molar-refractivity contribution is 5.81. The summed E-state index contributed by atoms with van der Waals surface area (Å²) in [5.41, 5.74) is 1.16. The first-order valence-electron chi connectivity index (χ1n) is 8.22. The van der Waals surface area contributed by atoms with Crippen LogP contribution in [0.25, 0.3) is 0 Å². The number of hydrogen-bond acceptors (Lipinski definition) is 8. The van der Waals surface area contributed by atoms with Crippen LogP contribution >= 0.6 is 0 Å². The Hall–Kier alpha value is -3.60. The first-order chi connectivity index (χ1) is 13.5. The van der Waals surface area contributed by atoms with Gasteiger partial charge in [-0.1, -0.05) is 0 Å². The molecule has 8 heteroatoms. The van der Waals surface area contributed by atoms with E-state index in [-0.39, 0.29) is 11.3 Å². The van der Waals surface area contributed by atoms with Gasteiger partial charge in [-0.2, -0.15) is 5.26 Å². The van der Waals surface area contributed by atoms with E-state index in [2.05, 4.69) is 6.07 Å². The molecular weight excluding hydrogens is 366 g/mol. The number of benzene rings is 2. The van der Waals surface area contributed by atoms with Gasteiger partial charge in [0.25, 0.3) is 0 Å². The molecule has 1 N–H and O–H groups in total. The average molecular weight is 387 g/mol. The molecular formula is C20H21NO7. The van der Waals surface area contributed by atoms with E-state index in [1.54, 1.807) is 20.3 Å². The van der Waals surface area contributed by atoms with Gasteiger partial charge in [-0.15, -0.1) is 0 Å². The SMILES string of the molecule is COc1cc(O)c(C=O)cc1OC.COc1cc2c(cc1OC)OC(C#N)C2. The molecule has 1 heterocycles. The highest BCUT2D eigenvalue weighted by Crippen LogP contribution is 2.38. The molecule has 2 aromatic carbocycles. The van der Waals surface area contributed by atoms with E-state index in [9.17, 15) is 9.90 Å². The maximum atomic E-state index is 10.4. The number of aldehydes is 1. The minimum atomic E-state index is -0.392. The van der Waals surface area contributed by atoms with Crippen molar-refractivity contribution in [1.29, 1.82) is 5.26 Å². The van der Waals surface area contributed by atoms with Crippen LogP contribution in [0.4, 0.5) is 0 Å². The van der Waals surface area contributed by atoms with E-state index < -0.39 is 6.10 Å². The van der Waals surface area contributed by atoms with Crippen molar-refractivity contribution in [2.45, 2.75) is 12.5 Å². The number of carbonyl (C=O) groups is 1. The van der Waals surface area contributed by atoms with Crippen molar-refractivity contribution in [3.8, 4) is 40.6 Å². The summed E-state index contributed by atoms with van der Waals surface area (Å²) in [6.07, 6.45) is 0.764. The maximum Gasteiger partial charge on any atom is 0.188 e. The number of rotatable bonds is 5. The normalized spacial score (nSPS) is 13.8. The van der Waals surface area contributed by atoms with E-state index in [4.69, 9.17) is 28.9 Å². The Balaban J connectivity index is 0.000000203. The summed E-state index contributed by atoms with van der Waals surface area (Å²) in [4.78, 5) is 10.4. The van der Waals surface area contributed by atoms with Gasteiger partial charge >= 0.3 is 0 Å². The molecule has 8 nitrogen and oxygen atoms in total. The third kappa shape index (κ3) is 4.38. The molecule has 1 aliphatic heterocycles. The number of hydrogen-bond donors (Lipinski definition) is 1. The molecule has 0 spiro atoms. The number of fused-ring (bicyclic) bond motifs is 1. The lowest BCUT2D eigenvalue weighted by Gasteiger charge is -2.08. The molecule has 0 bridgehead atoms. The Morgan fingerprint density at radius 1 is 1.00 bits per heavy atom. The maximum absolute atomic E-state index is 10.4. The predicted octanol–water partition coefficient (Wildman–Crippen LogP) is 2.75. The molecule has 1 unspecified atom stereocenters. The highest BCUT2D eigenvalue weighted by Gasteiger charge is 2.24. The van der Waals surface area contributed by atoms with Gasteiger partial charge in [-0.25, -0.2) is 0 Å². The van der Waals surface area contributed by atoms with Crippen molar-refractivity contribution in [3.05, 3.63) is 35.4 Å². The van der Waals surface area contributed by atoms with Crippen LogP contribution in [0.5, 0.6) is 34.5 Å². The number of phenols is 1. The first-order valence-corrected chi connectivity index (χ1v) is 8.22. The number of nitriles is 1. The summed E-state index contributed by atoms with van der Waals surface area (Å²) in [7, 11) is 6.07. The molecule has 28 heavy (non-hydrogen) atoms. The zero-order valence-corrected chi connectivity index (χ0v) is 16.0. The number of aromatic hydroxyl groups is 1. The second-order valence-electron chi connectivity index (χ2n) is 5.64. The van der Waals surface area contributed by atoms with Crippen molar-refractivity contribution < 1.29 is 33.6 Å². The number of methoxy groups -OCH3 is 4. The smallest absolute Gasteiger partial charge is 0.188 e. The molecule has 0 saturated heterocycles. The average Bonchev–Trinajstić information content (AvgIpc) is 3.14. The van der Waals surface area contributed by atoms with Crippen LogP contribution in [0.3, 0.4) is 0 Å². The van der Waals surface area contributed by atoms with Crippen LogP contribution in [-0.2, 0) is 6.42 Å². The van der Waals surface area contributed by atoms with Gasteiger partial charge in [-0.3, -0.25) is 4.79 Å². The van der Waals surface area contributed by atoms with E-state index in [0.29, 0.717) is 41.5 Å². The Kier molecular flexibility index (Phi) is 6.93. The van der Waals surface area contributed by atoms with Crippen molar-refractivity contribution in [2.24, 2.45) is 0 Å². The second-order valence-corrected chi connectivity index (χ2v) is 5.64. The molecule has 0 saturated carbocycles. The van der Waals surface area contributed by atoms with E-state index in [1.165, 1.54) is 26.4 Å². The lowest BCUT2D eigenvalue weighted by molar-refractivity contribution is 0.112. The molecule has 0 aromatic heterocycles. The van der Waals surface area contributed by atoms with Crippen LogP contribution in [0.15, 0.2) is 24.3 Å². The van der Waals surface area contributed by atoms with E-state index in [0.717, 1.165) is 5.56 Å². The van der Waals surface area contributed by atoms with Gasteiger partial charge in [0.2, 0.25) is 0 Å². The van der Waals surface area contributed by atoms with Gasteiger partial charge in [0, 0.05) is 24.1 Å². The molecule has 148 valence electrons. The molecule has 0 amide bonds. The molecule has 2 aromatic rings. The van der Waals surface area contributed by atoms with Gasteiger partial charge < -0.3 is 28.8 Å². The Morgan fingerprint density at radius 2 is 1.54 bits per heavy atom. The topological polar surface area (TPSA) is 107 Å². The quantitative estimate of drug-likeness (QED) is 0.781. The minimum absolute atomic E-state index is 0.118. The fourth-order valence-corrected chi connectivity index (χ4v) is 2.62. The lowest BCUT2D eigenvalue weighted by atomic mass is 10.1. The Morgan fingerprint density at radius 3 is 2.07 bits per heavy atom. The lowest BCUT2D eigenvalue weighted by Crippen LogP contribution is -2.08. The van der Waals surface area contributed by atoms with Crippen molar-refractivity contribution >= 4 is 6.29 Å². The summed E-state index contributed by atoms with van der Waals surface area (Å²) >= 11 is 0. The highest BCUT2D eigenvalue weighted by atomic mass is 16.5. The summed E-state index contributed by atoms with van der Waals surface area (Å²) in [5, 5.41) is 18.0. The monoisotopic (exact) mass is 387 g/mol. The first kappa shape index (κ1) is 20.7. The third-order valence-corrected chi connectivity index (χ3v) is 4.05. The minimum Gasteiger partial charge on any atom is -0.507 e. The summed E-state index contributed by atoms with van der Waals surface area (Å²) in [5.74, 6) is 2.69. The molecule has 0 fully saturated rings. The van der Waals surface area contributed by atoms with Gasteiger partial charge in [0.1, 0.15) is 17.6 Å². The fraction of sp³-hybridized carbons (Fsp3) is 0.300. The largest absolute Gasteiger partial charge is 0.507 e. The third-order valence-electron chi connectivity index (χ3n) is 4.05. The van der Waals surface area contributed by atoms with Crippen LogP contribution in [0.1, 0.15) is 15.9 Å². The number of nitrogens with zero attached hydrogens (tertiary/aromatic N) is 1. The number of phenolic OH excluding ortho intramolecular Hbond substituents is 1. The van der Waals surface area contributed by atoms with Crippen LogP contribution in [0.2, 0.25) is 0 Å². The molecule has 0 radical (unpaired) electrons. The molecule has 3 rings (SSSR count). The second kappa shape index (κ2) is 9.37. The summed E-state index contributed by atoms with van der Waals surface area (Å²) in [6, 6.07) is 8.44. The molecule has 1 aliphatic rings. The van der Waals surface area contributed by atoms with Crippen molar-refractivity contribution in [3.63, 3.8) is 0 Å². The van der Waals surface area contributed by atoms with Crippen LogP contribution in [-0.4, -0.2) is 45.9 Å². The van der Waals surface area contributed by atoms with Crippen LogP contribution < -0.4 is 23.7 Å². The fourth-order valence-electron chi connectivity index (χ4n) is 2.62. The standard InChI is InChI=1S/C11H11NO3.C9H10O4/c1-13-10-4-7-3-8(6-12)15-9(7)5-11(10)14-2;1-12-8-3-6(5-10)7(11)4-9(8)13-2/h4-5,8H,3H2,1-2H3;3-5,11H,1-2H3. The summed E-state index contributed by atoms with van der Waals surface area (Å²) < 4.78 is 25.6. The Labute approximate surface area is 162 Å². The van der Waals surface area contributed by atoms with E-state index >= 15 is 0 Å².